The fourth-order valence-corrected chi connectivity index (χ4v) is 5.75. The molecule has 1 N–H and O–H groups in total. The Kier molecular flexibility index (Phi) is 6.86. The van der Waals surface area contributed by atoms with E-state index in [9.17, 15) is 0 Å². The highest BCUT2D eigenvalue weighted by molar-refractivity contribution is 5.67. The van der Waals surface area contributed by atoms with Crippen molar-refractivity contribution in [1.29, 1.82) is 0 Å². The van der Waals surface area contributed by atoms with Crippen LogP contribution in [0, 0.1) is 0 Å². The van der Waals surface area contributed by atoms with E-state index in [-0.39, 0.29) is 17.9 Å². The maximum atomic E-state index is 5.99. The van der Waals surface area contributed by atoms with Crippen LogP contribution >= 0.6 is 0 Å². The summed E-state index contributed by atoms with van der Waals surface area (Å²) in [7, 11) is 7.66. The predicted octanol–water partition coefficient (Wildman–Crippen LogP) is 6.72. The van der Waals surface area contributed by atoms with E-state index in [1.54, 1.807) is 14.2 Å². The third kappa shape index (κ3) is 4.39. The zero-order chi connectivity index (χ0) is 25.1. The number of likely N-dealkylation sites (N-methyl/N-ethyl adjacent to an activating group) is 1. The molecule has 0 radical (unpaired) electrons. The van der Waals surface area contributed by atoms with E-state index in [4.69, 9.17) is 9.47 Å². The lowest BCUT2D eigenvalue weighted by Crippen LogP contribution is -2.45. The Balaban J connectivity index is 1.76. The molecule has 184 valence electrons. The van der Waals surface area contributed by atoms with Crippen LogP contribution in [0.5, 0.6) is 11.5 Å². The highest BCUT2D eigenvalue weighted by Crippen LogP contribution is 2.53. The minimum Gasteiger partial charge on any atom is -0.497 e. The van der Waals surface area contributed by atoms with Crippen LogP contribution in [0.1, 0.15) is 34.1 Å². The van der Waals surface area contributed by atoms with Gasteiger partial charge in [-0.1, -0.05) is 72.8 Å². The molecule has 0 spiro atoms. The minimum absolute atomic E-state index is 0.110. The van der Waals surface area contributed by atoms with Crippen molar-refractivity contribution in [2.24, 2.45) is 0 Å². The van der Waals surface area contributed by atoms with E-state index in [2.05, 4.69) is 114 Å². The summed E-state index contributed by atoms with van der Waals surface area (Å²) in [5, 5.41) is 3.25. The molecule has 4 aromatic rings. The van der Waals surface area contributed by atoms with Crippen molar-refractivity contribution in [3.05, 3.63) is 119 Å². The maximum absolute atomic E-state index is 5.99. The smallest absolute Gasteiger partial charge is 0.124 e. The van der Waals surface area contributed by atoms with E-state index in [0.717, 1.165) is 23.6 Å². The Morgan fingerprint density at radius 2 is 1.47 bits per heavy atom. The fourth-order valence-electron chi connectivity index (χ4n) is 5.75. The number of anilines is 2. The van der Waals surface area contributed by atoms with Crippen LogP contribution in [0.2, 0.25) is 0 Å². The summed E-state index contributed by atoms with van der Waals surface area (Å²) in [4.78, 5) is 2.45. The lowest BCUT2D eigenvalue weighted by Gasteiger charge is -2.47. The molecule has 5 rings (SSSR count). The summed E-state index contributed by atoms with van der Waals surface area (Å²) >= 11 is 0. The van der Waals surface area contributed by atoms with Crippen molar-refractivity contribution < 1.29 is 9.47 Å². The summed E-state index contributed by atoms with van der Waals surface area (Å²) in [6, 6.07) is 34.9. The van der Waals surface area contributed by atoms with Gasteiger partial charge in [-0.15, -0.1) is 0 Å². The first kappa shape index (κ1) is 23.8. The molecule has 36 heavy (non-hydrogen) atoms. The maximum Gasteiger partial charge on any atom is 0.124 e. The Labute approximate surface area is 214 Å². The second-order valence-electron chi connectivity index (χ2n) is 9.41. The van der Waals surface area contributed by atoms with Crippen molar-refractivity contribution in [3.8, 4) is 11.5 Å². The highest BCUT2D eigenvalue weighted by atomic mass is 16.5. The normalized spacial score (nSPS) is 18.9. The molecule has 4 nitrogen and oxygen atoms in total. The van der Waals surface area contributed by atoms with Crippen molar-refractivity contribution in [2.75, 3.05) is 38.5 Å². The Hall–Kier alpha value is -3.92. The Bertz CT molecular complexity index is 1310. The number of ether oxygens (including phenoxy) is 2. The van der Waals surface area contributed by atoms with Gasteiger partial charge >= 0.3 is 0 Å². The fraction of sp³-hybridized carbons (Fsp3) is 0.250. The van der Waals surface area contributed by atoms with Gasteiger partial charge in [0.15, 0.2) is 0 Å². The number of nitrogens with zero attached hydrogens (tertiary/aromatic N) is 1. The van der Waals surface area contributed by atoms with Gasteiger partial charge < -0.3 is 19.7 Å². The topological polar surface area (TPSA) is 33.7 Å². The standard InChI is InChI=1S/C32H34N2O2/c1-33-24-15-17-27(30(20-24)36-4)32-26-18-16-25(35-3)21-28(26)34(2)29(19-22-11-7-5-8-12-22)31(32)23-13-9-6-10-14-23/h5-18,20-21,29,31-33H,19H2,1-4H3/t29-,31-,32-/m0/s1. The quantitative estimate of drug-likeness (QED) is 0.320. The van der Waals surface area contributed by atoms with Crippen LogP contribution in [0.15, 0.2) is 97.1 Å². The zero-order valence-electron chi connectivity index (χ0n) is 21.4. The number of hydrogen-bond acceptors (Lipinski definition) is 4. The average Bonchev–Trinajstić information content (AvgIpc) is 2.94. The minimum atomic E-state index is 0.110. The lowest BCUT2D eigenvalue weighted by atomic mass is 9.68. The molecule has 1 heterocycles. The van der Waals surface area contributed by atoms with Gasteiger partial charge in [0, 0.05) is 61.0 Å². The van der Waals surface area contributed by atoms with Crippen LogP contribution in [-0.2, 0) is 6.42 Å². The molecule has 4 heteroatoms. The summed E-state index contributed by atoms with van der Waals surface area (Å²) < 4.78 is 11.6. The van der Waals surface area contributed by atoms with Crippen molar-refractivity contribution in [2.45, 2.75) is 24.3 Å². The van der Waals surface area contributed by atoms with Gasteiger partial charge in [-0.3, -0.25) is 0 Å². The second kappa shape index (κ2) is 10.4. The molecule has 0 aromatic heterocycles. The number of nitrogens with one attached hydrogen (secondary N) is 1. The number of rotatable bonds is 7. The summed E-state index contributed by atoms with van der Waals surface area (Å²) in [6.07, 6.45) is 0.932. The molecule has 0 amide bonds. The van der Waals surface area contributed by atoms with Crippen LogP contribution in [0.4, 0.5) is 11.4 Å². The molecule has 0 aliphatic carbocycles. The first-order valence-corrected chi connectivity index (χ1v) is 12.5. The molecule has 0 saturated carbocycles. The van der Waals surface area contributed by atoms with Crippen LogP contribution in [0.3, 0.4) is 0 Å². The molecule has 3 atom stereocenters. The van der Waals surface area contributed by atoms with Gasteiger partial charge in [-0.2, -0.15) is 0 Å². The van der Waals surface area contributed by atoms with Crippen LogP contribution in [0.25, 0.3) is 0 Å². The third-order valence-electron chi connectivity index (χ3n) is 7.55. The van der Waals surface area contributed by atoms with Gasteiger partial charge in [-0.25, -0.2) is 0 Å². The molecule has 0 unspecified atom stereocenters. The molecular weight excluding hydrogens is 444 g/mol. The van der Waals surface area contributed by atoms with Gasteiger partial charge in [0.25, 0.3) is 0 Å². The molecule has 1 aliphatic heterocycles. The number of hydrogen-bond donors (Lipinski definition) is 1. The predicted molar refractivity (Wildman–Crippen MR) is 149 cm³/mol. The number of methoxy groups -OCH3 is 2. The van der Waals surface area contributed by atoms with Crippen molar-refractivity contribution >= 4 is 11.4 Å². The first-order chi connectivity index (χ1) is 17.6. The molecule has 1 aliphatic rings. The van der Waals surface area contributed by atoms with E-state index >= 15 is 0 Å². The Morgan fingerprint density at radius 1 is 0.778 bits per heavy atom. The van der Waals surface area contributed by atoms with E-state index in [1.165, 1.54) is 27.9 Å². The summed E-state index contributed by atoms with van der Waals surface area (Å²) in [5.41, 5.74) is 7.38. The van der Waals surface area contributed by atoms with Crippen LogP contribution < -0.4 is 19.7 Å². The van der Waals surface area contributed by atoms with Gasteiger partial charge in [0.05, 0.1) is 14.2 Å². The zero-order valence-corrected chi connectivity index (χ0v) is 21.4. The van der Waals surface area contributed by atoms with E-state index in [0.29, 0.717) is 0 Å². The summed E-state index contributed by atoms with van der Waals surface area (Å²) in [5.74, 6) is 2.09. The van der Waals surface area contributed by atoms with Crippen LogP contribution in [-0.4, -0.2) is 34.4 Å². The molecule has 4 aromatic carbocycles. The second-order valence-corrected chi connectivity index (χ2v) is 9.41. The number of benzene rings is 4. The van der Waals surface area contributed by atoms with Crippen molar-refractivity contribution in [1.82, 2.24) is 0 Å². The van der Waals surface area contributed by atoms with Gasteiger partial charge in [0.1, 0.15) is 11.5 Å². The lowest BCUT2D eigenvalue weighted by molar-refractivity contribution is 0.390. The monoisotopic (exact) mass is 478 g/mol. The molecule has 0 saturated heterocycles. The van der Waals surface area contributed by atoms with Gasteiger partial charge in [0.2, 0.25) is 0 Å². The third-order valence-corrected chi connectivity index (χ3v) is 7.55. The molecule has 0 fully saturated rings. The van der Waals surface area contributed by atoms with Crippen molar-refractivity contribution in [3.63, 3.8) is 0 Å². The van der Waals surface area contributed by atoms with E-state index < -0.39 is 0 Å². The average molecular weight is 479 g/mol. The largest absolute Gasteiger partial charge is 0.497 e. The molecular formula is C32H34N2O2. The Morgan fingerprint density at radius 3 is 2.14 bits per heavy atom. The first-order valence-electron chi connectivity index (χ1n) is 12.5. The van der Waals surface area contributed by atoms with E-state index in [1.807, 2.05) is 7.05 Å². The molecule has 0 bridgehead atoms. The number of fused-ring (bicyclic) bond motifs is 1. The van der Waals surface area contributed by atoms with Gasteiger partial charge in [-0.05, 0) is 35.2 Å². The summed E-state index contributed by atoms with van der Waals surface area (Å²) in [6.45, 7) is 0. The SMILES string of the molecule is CNc1ccc([C@@H]2c3ccc(OC)cc3N(C)[C@@H](Cc3ccccc3)[C@@H]2c2ccccc2)c(OC)c1. The highest BCUT2D eigenvalue weighted by Gasteiger charge is 2.42.